The monoisotopic (exact) mass is 188 g/mol. The summed E-state index contributed by atoms with van der Waals surface area (Å²) in [5.41, 5.74) is 0. The molecule has 2 rings (SSSR count). The van der Waals surface area contributed by atoms with E-state index in [0.717, 1.165) is 13.0 Å². The molecule has 2 aliphatic rings. The average molecular weight is 188 g/mol. The van der Waals surface area contributed by atoms with Crippen molar-refractivity contribution in [3.8, 4) is 0 Å². The lowest BCUT2D eigenvalue weighted by atomic mass is 10.1. The molecule has 0 amide bonds. The van der Waals surface area contributed by atoms with E-state index in [-0.39, 0.29) is 24.8 Å². The van der Waals surface area contributed by atoms with E-state index in [9.17, 15) is 0 Å². The van der Waals surface area contributed by atoms with Crippen molar-refractivity contribution in [2.75, 3.05) is 13.2 Å². The summed E-state index contributed by atoms with van der Waals surface area (Å²) < 4.78 is 21.7. The molecule has 0 saturated carbocycles. The Kier molecular flexibility index (Phi) is 2.83. The first-order valence-electron chi connectivity index (χ1n) is 4.80. The molecule has 4 atom stereocenters. The molecule has 0 aromatic rings. The zero-order valence-corrected chi connectivity index (χ0v) is 8.06. The minimum absolute atomic E-state index is 0.0846. The second-order valence-electron chi connectivity index (χ2n) is 3.48. The Bertz CT molecular complexity index is 173. The summed E-state index contributed by atoms with van der Waals surface area (Å²) in [6.07, 6.45) is 0.908. The number of hydrogen-bond donors (Lipinski definition) is 0. The number of ether oxygens (including phenoxy) is 4. The Morgan fingerprint density at radius 2 is 1.62 bits per heavy atom. The molecule has 76 valence electrons. The molecule has 0 N–H and O–H groups in total. The van der Waals surface area contributed by atoms with Gasteiger partial charge in [0, 0.05) is 0 Å². The van der Waals surface area contributed by atoms with E-state index in [1.54, 1.807) is 0 Å². The molecule has 4 heteroatoms. The van der Waals surface area contributed by atoms with E-state index in [4.69, 9.17) is 18.9 Å². The topological polar surface area (TPSA) is 36.9 Å². The fraction of sp³-hybridized carbons (Fsp3) is 1.00. The average Bonchev–Trinajstić information content (AvgIpc) is 2.52. The predicted octanol–water partition coefficient (Wildman–Crippen LogP) is 0.899. The zero-order chi connectivity index (χ0) is 9.26. The third-order valence-corrected chi connectivity index (χ3v) is 2.40. The highest BCUT2D eigenvalue weighted by molar-refractivity contribution is 4.76. The minimum Gasteiger partial charge on any atom is -0.353 e. The van der Waals surface area contributed by atoms with Crippen LogP contribution in [0.3, 0.4) is 0 Å². The van der Waals surface area contributed by atoms with Crippen molar-refractivity contribution in [1.29, 1.82) is 0 Å². The summed E-state index contributed by atoms with van der Waals surface area (Å²) in [5.74, 6) is 0. The van der Waals surface area contributed by atoms with Crippen LogP contribution in [0.15, 0.2) is 0 Å². The highest BCUT2D eigenvalue weighted by Crippen LogP contribution is 2.22. The van der Waals surface area contributed by atoms with Gasteiger partial charge in [0.1, 0.15) is 6.10 Å². The third kappa shape index (κ3) is 2.20. The summed E-state index contributed by atoms with van der Waals surface area (Å²) in [5, 5.41) is 0. The molecule has 0 aliphatic carbocycles. The van der Waals surface area contributed by atoms with Gasteiger partial charge in [0.2, 0.25) is 0 Å². The molecule has 0 radical (unpaired) electrons. The van der Waals surface area contributed by atoms with Crippen LogP contribution in [0.5, 0.6) is 0 Å². The van der Waals surface area contributed by atoms with Crippen molar-refractivity contribution in [2.24, 2.45) is 0 Å². The van der Waals surface area contributed by atoms with E-state index in [0.29, 0.717) is 6.61 Å². The van der Waals surface area contributed by atoms with Gasteiger partial charge in [-0.1, -0.05) is 0 Å². The highest BCUT2D eigenvalue weighted by Gasteiger charge is 2.34. The zero-order valence-electron chi connectivity index (χ0n) is 8.06. The highest BCUT2D eigenvalue weighted by atomic mass is 16.7. The number of rotatable bonds is 1. The van der Waals surface area contributed by atoms with Gasteiger partial charge in [0.15, 0.2) is 12.6 Å². The lowest BCUT2D eigenvalue weighted by Crippen LogP contribution is -2.39. The lowest BCUT2D eigenvalue weighted by molar-refractivity contribution is -0.226. The van der Waals surface area contributed by atoms with Gasteiger partial charge in [-0.3, -0.25) is 0 Å². The van der Waals surface area contributed by atoms with E-state index in [1.807, 2.05) is 13.8 Å². The fourth-order valence-electron chi connectivity index (χ4n) is 1.73. The van der Waals surface area contributed by atoms with E-state index < -0.39 is 0 Å². The van der Waals surface area contributed by atoms with Crippen LogP contribution in [0.2, 0.25) is 0 Å². The Labute approximate surface area is 78.1 Å². The molecule has 0 aromatic heterocycles. The largest absolute Gasteiger partial charge is 0.353 e. The van der Waals surface area contributed by atoms with Crippen molar-refractivity contribution in [1.82, 2.24) is 0 Å². The van der Waals surface area contributed by atoms with Crippen LogP contribution in [0.1, 0.15) is 20.3 Å². The van der Waals surface area contributed by atoms with Crippen LogP contribution < -0.4 is 0 Å². The second kappa shape index (κ2) is 3.92. The normalized spacial score (nSPS) is 46.6. The van der Waals surface area contributed by atoms with Gasteiger partial charge in [0.25, 0.3) is 0 Å². The van der Waals surface area contributed by atoms with Gasteiger partial charge in [-0.2, -0.15) is 0 Å². The fourth-order valence-corrected chi connectivity index (χ4v) is 1.73. The molecule has 13 heavy (non-hydrogen) atoms. The van der Waals surface area contributed by atoms with Gasteiger partial charge < -0.3 is 18.9 Å². The van der Waals surface area contributed by atoms with Crippen LogP contribution in [0.4, 0.5) is 0 Å². The Balaban J connectivity index is 1.85. The molecule has 0 bridgehead atoms. The third-order valence-electron chi connectivity index (χ3n) is 2.40. The van der Waals surface area contributed by atoms with Gasteiger partial charge in [-0.05, 0) is 20.3 Å². The predicted molar refractivity (Wildman–Crippen MR) is 45.2 cm³/mol. The van der Waals surface area contributed by atoms with Crippen LogP contribution in [0, 0.1) is 0 Å². The summed E-state index contributed by atoms with van der Waals surface area (Å²) in [6, 6.07) is 0. The minimum atomic E-state index is -0.113. The van der Waals surface area contributed by atoms with Crippen molar-refractivity contribution in [2.45, 2.75) is 45.1 Å². The van der Waals surface area contributed by atoms with Crippen molar-refractivity contribution < 1.29 is 18.9 Å². The molecule has 2 fully saturated rings. The van der Waals surface area contributed by atoms with Crippen LogP contribution >= 0.6 is 0 Å². The van der Waals surface area contributed by atoms with Crippen molar-refractivity contribution >= 4 is 0 Å². The van der Waals surface area contributed by atoms with E-state index in [2.05, 4.69) is 0 Å². The number of hydrogen-bond acceptors (Lipinski definition) is 4. The molecule has 2 saturated heterocycles. The maximum Gasteiger partial charge on any atom is 0.155 e. The molecular weight excluding hydrogens is 172 g/mol. The maximum atomic E-state index is 5.59. The first-order valence-corrected chi connectivity index (χ1v) is 4.80. The summed E-state index contributed by atoms with van der Waals surface area (Å²) in [4.78, 5) is 0. The Morgan fingerprint density at radius 1 is 0.923 bits per heavy atom. The summed E-state index contributed by atoms with van der Waals surface area (Å²) in [6.45, 7) is 5.20. The smallest absolute Gasteiger partial charge is 0.155 e. The van der Waals surface area contributed by atoms with Gasteiger partial charge in [-0.15, -0.1) is 0 Å². The van der Waals surface area contributed by atoms with Crippen molar-refractivity contribution in [3.05, 3.63) is 0 Å². The molecule has 0 spiro atoms. The molecular formula is C9H16O4. The van der Waals surface area contributed by atoms with Gasteiger partial charge in [-0.25, -0.2) is 0 Å². The standard InChI is InChI=1S/C9H16O4/c1-6-10-4-3-8(12-6)9-5-11-7(2)13-9/h6-9H,3-5H2,1-2H3. The summed E-state index contributed by atoms with van der Waals surface area (Å²) in [7, 11) is 0. The molecule has 2 aliphatic heterocycles. The SMILES string of the molecule is CC1OCCC(C2COC(C)O2)O1. The van der Waals surface area contributed by atoms with Crippen LogP contribution in [-0.2, 0) is 18.9 Å². The second-order valence-corrected chi connectivity index (χ2v) is 3.48. The Morgan fingerprint density at radius 3 is 2.23 bits per heavy atom. The maximum absolute atomic E-state index is 5.59. The van der Waals surface area contributed by atoms with Crippen LogP contribution in [-0.4, -0.2) is 38.0 Å². The van der Waals surface area contributed by atoms with Crippen molar-refractivity contribution in [3.63, 3.8) is 0 Å². The Hall–Kier alpha value is -0.160. The first-order chi connectivity index (χ1) is 6.25. The molecule has 4 unspecified atom stereocenters. The van der Waals surface area contributed by atoms with E-state index in [1.165, 1.54) is 0 Å². The molecule has 2 heterocycles. The summed E-state index contributed by atoms with van der Waals surface area (Å²) >= 11 is 0. The quantitative estimate of drug-likeness (QED) is 0.612. The van der Waals surface area contributed by atoms with Gasteiger partial charge in [0.05, 0.1) is 19.3 Å². The van der Waals surface area contributed by atoms with E-state index >= 15 is 0 Å². The molecule has 4 nitrogen and oxygen atoms in total. The molecule has 0 aromatic carbocycles. The first kappa shape index (κ1) is 9.40. The van der Waals surface area contributed by atoms with Gasteiger partial charge >= 0.3 is 0 Å². The lowest BCUT2D eigenvalue weighted by Gasteiger charge is -2.30. The van der Waals surface area contributed by atoms with Crippen LogP contribution in [0.25, 0.3) is 0 Å².